The number of nitrogens with one attached hydrogen (secondary N) is 1. The highest BCUT2D eigenvalue weighted by Gasteiger charge is 2.10. The lowest BCUT2D eigenvalue weighted by Crippen LogP contribution is -2.25. The number of aromatic hydroxyl groups is 1. The Morgan fingerprint density at radius 1 is 0.700 bits per heavy atom. The van der Waals surface area contributed by atoms with Gasteiger partial charge in [0.05, 0.1) is 0 Å². The van der Waals surface area contributed by atoms with Crippen LogP contribution in [0.2, 0.25) is 0 Å². The molecule has 0 atom stereocenters. The molecular formula is C27H47NO2. The number of hydrogen-bond donors (Lipinski definition) is 2. The number of benzene rings is 1. The van der Waals surface area contributed by atoms with E-state index in [0.29, 0.717) is 5.56 Å². The number of rotatable bonds is 18. The van der Waals surface area contributed by atoms with E-state index in [1.807, 2.05) is 13.8 Å². The highest BCUT2D eigenvalue weighted by Crippen LogP contribution is 2.21. The van der Waals surface area contributed by atoms with Gasteiger partial charge in [-0.15, -0.1) is 0 Å². The first kappa shape index (κ1) is 26.5. The molecule has 0 aromatic heterocycles. The van der Waals surface area contributed by atoms with Crippen LogP contribution in [0.25, 0.3) is 0 Å². The van der Waals surface area contributed by atoms with Gasteiger partial charge in [-0.2, -0.15) is 0 Å². The predicted molar refractivity (Wildman–Crippen MR) is 129 cm³/mol. The third kappa shape index (κ3) is 12.2. The molecule has 3 heteroatoms. The van der Waals surface area contributed by atoms with Crippen molar-refractivity contribution in [2.24, 2.45) is 0 Å². The molecule has 0 heterocycles. The molecule has 3 nitrogen and oxygen atoms in total. The topological polar surface area (TPSA) is 49.3 Å². The molecule has 0 unspecified atom stereocenters. The number of hydrogen-bond acceptors (Lipinski definition) is 2. The number of carbonyl (C=O) groups is 1. The number of carbonyl (C=O) groups excluding carboxylic acids is 1. The molecule has 0 aliphatic rings. The molecule has 0 saturated heterocycles. The molecule has 0 saturated carbocycles. The molecule has 0 fully saturated rings. The lowest BCUT2D eigenvalue weighted by molar-refractivity contribution is 0.0952. The van der Waals surface area contributed by atoms with E-state index in [2.05, 4.69) is 12.2 Å². The summed E-state index contributed by atoms with van der Waals surface area (Å²) < 4.78 is 0. The molecule has 172 valence electrons. The average molecular weight is 418 g/mol. The maximum atomic E-state index is 12.3. The number of aryl methyl sites for hydroxylation is 2. The van der Waals surface area contributed by atoms with Crippen LogP contribution < -0.4 is 5.32 Å². The first-order chi connectivity index (χ1) is 14.6. The minimum Gasteiger partial charge on any atom is -0.508 e. The van der Waals surface area contributed by atoms with Gasteiger partial charge < -0.3 is 10.4 Å². The number of amides is 1. The molecule has 1 aromatic rings. The zero-order chi connectivity index (χ0) is 22.0. The van der Waals surface area contributed by atoms with Crippen LogP contribution in [-0.2, 0) is 0 Å². The fraction of sp³-hybridized carbons (Fsp3) is 0.741. The molecule has 0 aliphatic heterocycles. The monoisotopic (exact) mass is 417 g/mol. The summed E-state index contributed by atoms with van der Waals surface area (Å²) in [5, 5.41) is 12.7. The van der Waals surface area contributed by atoms with Gasteiger partial charge in [-0.25, -0.2) is 0 Å². The van der Waals surface area contributed by atoms with Crippen molar-refractivity contribution >= 4 is 5.91 Å². The standard InChI is InChI=1S/C27H47NO2/c1-4-5-6-7-8-9-10-11-12-13-14-15-16-17-18-19-20-28-27(30)25-21-24(3)26(29)22-23(25)2/h21-22,29H,4-20H2,1-3H3,(H,28,30). The second-order valence-corrected chi connectivity index (χ2v) is 9.01. The fourth-order valence-corrected chi connectivity index (χ4v) is 4.02. The van der Waals surface area contributed by atoms with Gasteiger partial charge in [0.1, 0.15) is 5.75 Å². The summed E-state index contributed by atoms with van der Waals surface area (Å²) >= 11 is 0. The van der Waals surface area contributed by atoms with Crippen LogP contribution in [0.5, 0.6) is 5.75 Å². The second kappa shape index (κ2) is 17.2. The SMILES string of the molecule is CCCCCCCCCCCCCCCCCCNC(=O)c1cc(C)c(O)cc1C. The fourth-order valence-electron chi connectivity index (χ4n) is 4.02. The maximum absolute atomic E-state index is 12.3. The van der Waals surface area contributed by atoms with Crippen LogP contribution in [0.4, 0.5) is 0 Å². The van der Waals surface area contributed by atoms with E-state index in [1.165, 1.54) is 96.3 Å². The van der Waals surface area contributed by atoms with Gasteiger partial charge in [0.25, 0.3) is 5.91 Å². The number of unbranched alkanes of at least 4 members (excludes halogenated alkanes) is 15. The Balaban J connectivity index is 1.89. The molecule has 0 spiro atoms. The summed E-state index contributed by atoms with van der Waals surface area (Å²) in [5.41, 5.74) is 2.23. The molecule has 0 bridgehead atoms. The van der Waals surface area contributed by atoms with E-state index in [1.54, 1.807) is 12.1 Å². The molecule has 0 aliphatic carbocycles. The van der Waals surface area contributed by atoms with Gasteiger partial charge in [0, 0.05) is 12.1 Å². The number of phenols is 1. The van der Waals surface area contributed by atoms with E-state index in [-0.39, 0.29) is 11.7 Å². The van der Waals surface area contributed by atoms with Crippen LogP contribution >= 0.6 is 0 Å². The van der Waals surface area contributed by atoms with Crippen LogP contribution in [0.3, 0.4) is 0 Å². The normalized spacial score (nSPS) is 11.0. The Morgan fingerprint density at radius 3 is 1.60 bits per heavy atom. The number of phenolic OH excluding ortho intramolecular Hbond substituents is 1. The summed E-state index contributed by atoms with van der Waals surface area (Å²) in [4.78, 5) is 12.3. The van der Waals surface area contributed by atoms with E-state index in [9.17, 15) is 9.90 Å². The molecule has 1 rings (SSSR count). The Labute approximate surface area is 186 Å². The minimum absolute atomic E-state index is 0.0310. The lowest BCUT2D eigenvalue weighted by atomic mass is 10.0. The first-order valence-corrected chi connectivity index (χ1v) is 12.6. The molecule has 0 radical (unpaired) electrons. The van der Waals surface area contributed by atoms with Crippen LogP contribution in [0, 0.1) is 13.8 Å². The van der Waals surface area contributed by atoms with Crippen LogP contribution in [0.15, 0.2) is 12.1 Å². The van der Waals surface area contributed by atoms with Gasteiger partial charge in [0.15, 0.2) is 0 Å². The summed E-state index contributed by atoms with van der Waals surface area (Å²) in [5.74, 6) is 0.221. The maximum Gasteiger partial charge on any atom is 0.251 e. The summed E-state index contributed by atoms with van der Waals surface area (Å²) in [6.07, 6.45) is 21.7. The Bertz CT molecular complexity index is 582. The van der Waals surface area contributed by atoms with Gasteiger partial charge in [0.2, 0.25) is 0 Å². The van der Waals surface area contributed by atoms with Crippen molar-refractivity contribution in [3.05, 3.63) is 28.8 Å². The quantitative estimate of drug-likeness (QED) is 0.238. The highest BCUT2D eigenvalue weighted by molar-refractivity contribution is 5.96. The van der Waals surface area contributed by atoms with Crippen molar-refractivity contribution in [3.8, 4) is 5.75 Å². The van der Waals surface area contributed by atoms with Crippen molar-refractivity contribution in [2.45, 2.75) is 124 Å². The summed E-state index contributed by atoms with van der Waals surface area (Å²) in [6, 6.07) is 3.44. The molecular weight excluding hydrogens is 370 g/mol. The zero-order valence-corrected chi connectivity index (χ0v) is 20.0. The smallest absolute Gasteiger partial charge is 0.251 e. The van der Waals surface area contributed by atoms with Crippen molar-refractivity contribution in [1.29, 1.82) is 0 Å². The summed E-state index contributed by atoms with van der Waals surface area (Å²) in [7, 11) is 0. The largest absolute Gasteiger partial charge is 0.508 e. The average Bonchev–Trinajstić information content (AvgIpc) is 2.72. The third-order valence-corrected chi connectivity index (χ3v) is 6.10. The van der Waals surface area contributed by atoms with Crippen LogP contribution in [-0.4, -0.2) is 17.6 Å². The van der Waals surface area contributed by atoms with Gasteiger partial charge in [-0.1, -0.05) is 103 Å². The zero-order valence-electron chi connectivity index (χ0n) is 20.0. The summed E-state index contributed by atoms with van der Waals surface area (Å²) in [6.45, 7) is 6.70. The van der Waals surface area contributed by atoms with Gasteiger partial charge in [-0.05, 0) is 43.5 Å². The van der Waals surface area contributed by atoms with Crippen molar-refractivity contribution in [3.63, 3.8) is 0 Å². The van der Waals surface area contributed by atoms with E-state index in [0.717, 1.165) is 24.1 Å². The molecule has 1 aromatic carbocycles. The second-order valence-electron chi connectivity index (χ2n) is 9.01. The Morgan fingerprint density at radius 2 is 1.13 bits per heavy atom. The molecule has 2 N–H and O–H groups in total. The van der Waals surface area contributed by atoms with Gasteiger partial charge in [-0.3, -0.25) is 4.79 Å². The van der Waals surface area contributed by atoms with Crippen LogP contribution in [0.1, 0.15) is 131 Å². The van der Waals surface area contributed by atoms with Crippen molar-refractivity contribution < 1.29 is 9.90 Å². The van der Waals surface area contributed by atoms with E-state index < -0.39 is 0 Å². The Hall–Kier alpha value is -1.51. The molecule has 30 heavy (non-hydrogen) atoms. The Kier molecular flexibility index (Phi) is 15.2. The van der Waals surface area contributed by atoms with Gasteiger partial charge >= 0.3 is 0 Å². The van der Waals surface area contributed by atoms with E-state index in [4.69, 9.17) is 0 Å². The molecule has 1 amide bonds. The van der Waals surface area contributed by atoms with Crippen molar-refractivity contribution in [2.75, 3.05) is 6.54 Å². The minimum atomic E-state index is -0.0310. The first-order valence-electron chi connectivity index (χ1n) is 12.6. The highest BCUT2D eigenvalue weighted by atomic mass is 16.3. The third-order valence-electron chi connectivity index (χ3n) is 6.10. The lowest BCUT2D eigenvalue weighted by Gasteiger charge is -2.10. The predicted octanol–water partition coefficient (Wildman–Crippen LogP) is 8.00. The van der Waals surface area contributed by atoms with E-state index >= 15 is 0 Å². The van der Waals surface area contributed by atoms with Crippen molar-refractivity contribution in [1.82, 2.24) is 5.32 Å².